The summed E-state index contributed by atoms with van der Waals surface area (Å²) in [7, 11) is 0. The van der Waals surface area contributed by atoms with Crippen molar-refractivity contribution in [3.05, 3.63) is 284 Å². The minimum absolute atomic E-state index is 0. The second-order valence-electron chi connectivity index (χ2n) is 18.4. The molecule has 0 spiro atoms. The molecule has 10 aromatic carbocycles. The molecule has 14 rings (SSSR count). The van der Waals surface area contributed by atoms with Gasteiger partial charge in [-0.05, 0) is 97.9 Å². The van der Waals surface area contributed by atoms with Gasteiger partial charge in [0.1, 0.15) is 5.82 Å². The van der Waals surface area contributed by atoms with Crippen molar-refractivity contribution in [3.63, 3.8) is 0 Å². The molecule has 1 aliphatic heterocycles. The van der Waals surface area contributed by atoms with E-state index in [-0.39, 0.29) is 27.0 Å². The van der Waals surface area contributed by atoms with Gasteiger partial charge in [-0.25, -0.2) is 4.98 Å². The largest absolute Gasteiger partial charge is 0.509 e. The fourth-order valence-corrected chi connectivity index (χ4v) is 11.0. The fraction of sp³-hybridized carbons (Fsp3) is 0.0149. The average Bonchev–Trinajstić information content (AvgIpc) is 4.12. The Morgan fingerprint density at radius 2 is 1.01 bits per heavy atom. The molecule has 6 heteroatoms. The number of nitrogens with zero attached hydrogens (tertiary/aromatic N) is 4. The van der Waals surface area contributed by atoms with E-state index in [4.69, 9.17) is 9.72 Å². The number of hydrogen-bond donors (Lipinski definition) is 0. The predicted octanol–water partition coefficient (Wildman–Crippen LogP) is 17.1. The Morgan fingerprint density at radius 3 is 1.70 bits per heavy atom. The molecule has 73 heavy (non-hydrogen) atoms. The molecule has 1 aliphatic carbocycles. The monoisotopic (exact) mass is 1110 g/mol. The number of fused-ring (bicyclic) bond motifs is 7. The third-order valence-electron chi connectivity index (χ3n) is 14.2. The maximum atomic E-state index is 6.77. The van der Waals surface area contributed by atoms with E-state index in [2.05, 4.69) is 258 Å². The molecular weight excluding hydrogens is 1070 g/mol. The fourth-order valence-electron chi connectivity index (χ4n) is 11.0. The summed E-state index contributed by atoms with van der Waals surface area (Å²) in [6.45, 7) is 2.19. The van der Waals surface area contributed by atoms with E-state index in [1.54, 1.807) is 0 Å². The van der Waals surface area contributed by atoms with Crippen LogP contribution in [0.3, 0.4) is 0 Å². The second kappa shape index (κ2) is 18.4. The van der Waals surface area contributed by atoms with Crippen molar-refractivity contribution in [2.24, 2.45) is 0 Å². The van der Waals surface area contributed by atoms with Gasteiger partial charge in [-0.2, -0.15) is 12.1 Å². The van der Waals surface area contributed by atoms with E-state index in [0.717, 1.165) is 78.2 Å². The second-order valence-corrected chi connectivity index (χ2v) is 18.4. The van der Waals surface area contributed by atoms with Crippen LogP contribution in [0.25, 0.3) is 72.1 Å². The van der Waals surface area contributed by atoms with Gasteiger partial charge in [0.25, 0.3) is 0 Å². The van der Waals surface area contributed by atoms with Crippen LogP contribution in [0.15, 0.2) is 249 Å². The van der Waals surface area contributed by atoms with Crippen molar-refractivity contribution < 1.29 is 25.8 Å². The van der Waals surface area contributed by atoms with Gasteiger partial charge in [-0.3, -0.25) is 0 Å². The standard InChI is InChI=1S/C67H43N4O.Pt/c1-4-19-45(20-5-1)49-39-59(46-21-6-2-7-22-46)67(60(40-49)47-23-8-3-9-24-47)70-44-69(62-33-16-17-34-63(62)70)50-25-18-26-51(42-50)72-52-35-36-56-55-29-14-15-32-61(55)71(64(56)43-52)65-41-48(37-38-68-65)66-57-30-12-10-27-53(57)54-28-11-13-31-58(54)66;/h1-41,44,66H;/q-3;. The predicted molar refractivity (Wildman–Crippen MR) is 293 cm³/mol. The molecule has 0 saturated heterocycles. The van der Waals surface area contributed by atoms with Crippen LogP contribution < -0.4 is 14.5 Å². The van der Waals surface area contributed by atoms with Crippen molar-refractivity contribution >= 4 is 44.6 Å². The summed E-state index contributed by atoms with van der Waals surface area (Å²) in [5.74, 6) is 2.09. The number of rotatable bonds is 9. The Bertz CT molecular complexity index is 3920. The van der Waals surface area contributed by atoms with Crippen LogP contribution in [0.5, 0.6) is 11.5 Å². The number of anilines is 4. The number of ether oxygens (including phenoxy) is 1. The smallest absolute Gasteiger partial charge is 0.135 e. The number of hydrogen-bond acceptors (Lipinski definition) is 4. The van der Waals surface area contributed by atoms with Crippen LogP contribution in [0.1, 0.15) is 22.6 Å². The molecule has 0 radical (unpaired) electrons. The molecule has 12 aromatic rings. The maximum Gasteiger partial charge on any atom is 0.135 e. The van der Waals surface area contributed by atoms with Crippen molar-refractivity contribution in [2.45, 2.75) is 5.92 Å². The van der Waals surface area contributed by atoms with Crippen molar-refractivity contribution in [1.82, 2.24) is 9.55 Å². The zero-order chi connectivity index (χ0) is 47.5. The Labute approximate surface area is 439 Å². The molecule has 0 atom stereocenters. The topological polar surface area (TPSA) is 33.5 Å². The summed E-state index contributed by atoms with van der Waals surface area (Å²) in [6, 6.07) is 93.3. The maximum absolute atomic E-state index is 6.77. The summed E-state index contributed by atoms with van der Waals surface area (Å²) in [5, 5.41) is 2.20. The van der Waals surface area contributed by atoms with E-state index < -0.39 is 0 Å². The molecule has 0 bridgehead atoms. The minimum Gasteiger partial charge on any atom is -0.509 e. The molecule has 0 fully saturated rings. The summed E-state index contributed by atoms with van der Waals surface area (Å²) in [6.07, 6.45) is 1.94. The SMILES string of the molecule is [Pt].[c-]1c(Oc2[c-]c3c(cc2)c2ccccc2n3-c2cc(C3c4ccccc4-c4ccccc43)ccn2)cccc1N1[CH-]N(c2c(-c3ccccc3)cc(-c3ccccc3)cc2-c2ccccc2)c2ccccc21. The Hall–Kier alpha value is -8.76. The Balaban J connectivity index is 0.00000516. The first-order valence-corrected chi connectivity index (χ1v) is 24.4. The van der Waals surface area contributed by atoms with Crippen molar-refractivity contribution in [1.29, 1.82) is 0 Å². The molecule has 0 unspecified atom stereocenters. The molecular formula is C67H43N4OPt-3. The van der Waals surface area contributed by atoms with Gasteiger partial charge in [-0.1, -0.05) is 175 Å². The molecule has 0 N–H and O–H groups in total. The number of benzene rings is 10. The zero-order valence-corrected chi connectivity index (χ0v) is 41.6. The van der Waals surface area contributed by atoms with Crippen molar-refractivity contribution in [2.75, 3.05) is 9.80 Å². The summed E-state index contributed by atoms with van der Waals surface area (Å²) in [5.41, 5.74) is 19.2. The van der Waals surface area contributed by atoms with Gasteiger partial charge < -0.3 is 19.1 Å². The first-order chi connectivity index (χ1) is 35.7. The molecule has 2 aromatic heterocycles. The van der Waals surface area contributed by atoms with Crippen LogP contribution >= 0.6 is 0 Å². The van der Waals surface area contributed by atoms with Gasteiger partial charge in [0.05, 0.1) is 0 Å². The van der Waals surface area contributed by atoms with Crippen LogP contribution in [-0.4, -0.2) is 9.55 Å². The van der Waals surface area contributed by atoms with E-state index in [1.807, 2.05) is 24.4 Å². The van der Waals surface area contributed by atoms with Gasteiger partial charge in [0.2, 0.25) is 0 Å². The summed E-state index contributed by atoms with van der Waals surface area (Å²) in [4.78, 5) is 9.57. The number of para-hydroxylation sites is 3. The summed E-state index contributed by atoms with van der Waals surface area (Å²) >= 11 is 0. The third kappa shape index (κ3) is 7.64. The van der Waals surface area contributed by atoms with Crippen LogP contribution in [-0.2, 0) is 21.1 Å². The van der Waals surface area contributed by atoms with Gasteiger partial charge in [-0.15, -0.1) is 48.1 Å². The zero-order valence-electron chi connectivity index (χ0n) is 39.3. The van der Waals surface area contributed by atoms with Crippen LogP contribution in [0.2, 0.25) is 0 Å². The van der Waals surface area contributed by atoms with Gasteiger partial charge in [0, 0.05) is 78.4 Å². The first kappa shape index (κ1) is 44.2. The minimum atomic E-state index is 0. The quantitative estimate of drug-likeness (QED) is 0.135. The molecule has 350 valence electrons. The molecule has 0 saturated carbocycles. The van der Waals surface area contributed by atoms with Gasteiger partial charge >= 0.3 is 0 Å². The van der Waals surface area contributed by atoms with Gasteiger partial charge in [0.15, 0.2) is 0 Å². The molecule has 0 amide bonds. The average molecular weight is 1120 g/mol. The van der Waals surface area contributed by atoms with E-state index in [0.29, 0.717) is 11.5 Å². The number of pyridine rings is 1. The third-order valence-corrected chi connectivity index (χ3v) is 14.2. The molecule has 5 nitrogen and oxygen atoms in total. The van der Waals surface area contributed by atoms with Crippen molar-refractivity contribution in [3.8, 4) is 61.8 Å². The molecule has 2 aliphatic rings. The first-order valence-electron chi connectivity index (χ1n) is 24.4. The Morgan fingerprint density at radius 1 is 0.438 bits per heavy atom. The summed E-state index contributed by atoms with van der Waals surface area (Å²) < 4.78 is 8.99. The van der Waals surface area contributed by atoms with E-state index in [1.165, 1.54) is 33.4 Å². The number of aromatic nitrogens is 2. The van der Waals surface area contributed by atoms with E-state index >= 15 is 0 Å². The van der Waals surface area contributed by atoms with Crippen LogP contribution in [0, 0.1) is 18.8 Å². The van der Waals surface area contributed by atoms with Crippen LogP contribution in [0.4, 0.5) is 22.7 Å². The Kier molecular flexibility index (Phi) is 11.2. The van der Waals surface area contributed by atoms with E-state index in [9.17, 15) is 0 Å². The normalized spacial score (nSPS) is 12.7. The molecule has 3 heterocycles.